The lowest BCUT2D eigenvalue weighted by Gasteiger charge is -2.12. The third-order valence-electron chi connectivity index (χ3n) is 4.43. The number of benzene rings is 1. The predicted octanol–water partition coefficient (Wildman–Crippen LogP) is 3.70. The van der Waals surface area contributed by atoms with Crippen LogP contribution in [0.3, 0.4) is 0 Å². The summed E-state index contributed by atoms with van der Waals surface area (Å²) in [4.78, 5) is 25.1. The predicted molar refractivity (Wildman–Crippen MR) is 95.7 cm³/mol. The van der Waals surface area contributed by atoms with Gasteiger partial charge in [-0.15, -0.1) is 11.3 Å². The van der Waals surface area contributed by atoms with Gasteiger partial charge >= 0.3 is 5.97 Å². The summed E-state index contributed by atoms with van der Waals surface area (Å²) >= 11 is 1.44. The minimum absolute atomic E-state index is 0.160. The average molecular weight is 354 g/mol. The number of hydrogen-bond donors (Lipinski definition) is 2. The van der Waals surface area contributed by atoms with Crippen molar-refractivity contribution < 1.29 is 14.7 Å². The number of carboxylic acid groups (broad SMARTS) is 1. The van der Waals surface area contributed by atoms with E-state index in [0.717, 1.165) is 36.1 Å². The second kappa shape index (κ2) is 7.49. The third kappa shape index (κ3) is 3.72. The summed E-state index contributed by atoms with van der Waals surface area (Å²) in [6.45, 7) is 0. The molecular weight excluding hydrogens is 336 g/mol. The van der Waals surface area contributed by atoms with Gasteiger partial charge in [0.15, 0.2) is 0 Å². The molecule has 1 aromatic carbocycles. The smallest absolute Gasteiger partial charge is 0.311 e. The maximum atomic E-state index is 12.4. The summed E-state index contributed by atoms with van der Waals surface area (Å²) in [5.41, 5.74) is 2.18. The minimum Gasteiger partial charge on any atom is -0.481 e. The zero-order valence-corrected chi connectivity index (χ0v) is 14.4. The van der Waals surface area contributed by atoms with Gasteiger partial charge in [-0.1, -0.05) is 30.3 Å². The molecule has 2 N–H and O–H groups in total. The van der Waals surface area contributed by atoms with Crippen molar-refractivity contribution >= 4 is 28.2 Å². The molecule has 6 heteroatoms. The van der Waals surface area contributed by atoms with E-state index in [2.05, 4.69) is 11.4 Å². The van der Waals surface area contributed by atoms with Crippen LogP contribution in [-0.2, 0) is 22.4 Å². The Morgan fingerprint density at radius 2 is 1.96 bits per heavy atom. The van der Waals surface area contributed by atoms with Crippen LogP contribution >= 0.6 is 11.3 Å². The lowest BCUT2D eigenvalue weighted by Crippen LogP contribution is -2.20. The Bertz CT molecular complexity index is 836. The normalized spacial score (nSPS) is 14.2. The Hall–Kier alpha value is -2.65. The Kier molecular flexibility index (Phi) is 5.15. The molecule has 1 amide bonds. The molecule has 25 heavy (non-hydrogen) atoms. The number of hydrogen-bond acceptors (Lipinski definition) is 4. The number of carbonyl (C=O) groups excluding carboxylic acids is 1. The monoisotopic (exact) mass is 354 g/mol. The maximum Gasteiger partial charge on any atom is 0.311 e. The van der Waals surface area contributed by atoms with Crippen molar-refractivity contribution in [3.05, 3.63) is 51.9 Å². The van der Waals surface area contributed by atoms with E-state index in [1.165, 1.54) is 11.3 Å². The van der Waals surface area contributed by atoms with Crippen molar-refractivity contribution in [2.24, 2.45) is 0 Å². The summed E-state index contributed by atoms with van der Waals surface area (Å²) in [6, 6.07) is 10.9. The van der Waals surface area contributed by atoms with Crippen molar-refractivity contribution in [2.45, 2.75) is 38.0 Å². The number of nitrogens with one attached hydrogen (secondary N) is 1. The Morgan fingerprint density at radius 1 is 1.24 bits per heavy atom. The fourth-order valence-electron chi connectivity index (χ4n) is 3.17. The van der Waals surface area contributed by atoms with E-state index >= 15 is 0 Å². The molecule has 1 aromatic heterocycles. The van der Waals surface area contributed by atoms with Crippen LogP contribution < -0.4 is 5.32 Å². The molecular formula is C19H18N2O3S. The van der Waals surface area contributed by atoms with E-state index < -0.39 is 11.9 Å². The quantitative estimate of drug-likeness (QED) is 0.857. The molecule has 0 saturated heterocycles. The van der Waals surface area contributed by atoms with Crippen LogP contribution in [0.1, 0.15) is 46.7 Å². The molecule has 1 heterocycles. The van der Waals surface area contributed by atoms with Crippen LogP contribution in [0.2, 0.25) is 0 Å². The van der Waals surface area contributed by atoms with Gasteiger partial charge in [-0.3, -0.25) is 9.59 Å². The molecule has 3 rings (SSSR count). The number of aryl methyl sites for hydroxylation is 1. The third-order valence-corrected chi connectivity index (χ3v) is 5.63. The zero-order valence-electron chi connectivity index (χ0n) is 13.6. The van der Waals surface area contributed by atoms with Gasteiger partial charge in [0.1, 0.15) is 11.1 Å². The first kappa shape index (κ1) is 17.2. The SMILES string of the molecule is N#Cc1c(NC(=O)C[C@H](C(=O)O)c2ccccc2)sc2c1CCCC2. The van der Waals surface area contributed by atoms with E-state index in [1.807, 2.05) is 0 Å². The Balaban J connectivity index is 1.77. The molecule has 2 aromatic rings. The first-order valence-electron chi connectivity index (χ1n) is 8.22. The molecule has 0 unspecified atom stereocenters. The highest BCUT2D eigenvalue weighted by atomic mass is 32.1. The second-order valence-electron chi connectivity index (χ2n) is 6.08. The molecule has 5 nitrogen and oxygen atoms in total. The lowest BCUT2D eigenvalue weighted by atomic mass is 9.95. The largest absolute Gasteiger partial charge is 0.481 e. The van der Waals surface area contributed by atoms with Gasteiger partial charge in [0.25, 0.3) is 0 Å². The Morgan fingerprint density at radius 3 is 2.64 bits per heavy atom. The molecule has 0 radical (unpaired) electrons. The van der Waals surface area contributed by atoms with Crippen LogP contribution in [0.15, 0.2) is 30.3 Å². The molecule has 1 aliphatic carbocycles. The number of carboxylic acids is 1. The van der Waals surface area contributed by atoms with Crippen LogP contribution in [0.4, 0.5) is 5.00 Å². The number of fused-ring (bicyclic) bond motifs is 1. The van der Waals surface area contributed by atoms with Gasteiger partial charge in [0.05, 0.1) is 11.5 Å². The van der Waals surface area contributed by atoms with E-state index in [0.29, 0.717) is 16.1 Å². The van der Waals surface area contributed by atoms with E-state index in [9.17, 15) is 20.0 Å². The fraction of sp³-hybridized carbons (Fsp3) is 0.316. The van der Waals surface area contributed by atoms with Gasteiger partial charge in [0.2, 0.25) is 5.91 Å². The minimum atomic E-state index is -1.03. The van der Waals surface area contributed by atoms with Crippen molar-refractivity contribution in [3.8, 4) is 6.07 Å². The van der Waals surface area contributed by atoms with Gasteiger partial charge in [-0.25, -0.2) is 0 Å². The van der Waals surface area contributed by atoms with Crippen LogP contribution in [0, 0.1) is 11.3 Å². The first-order valence-corrected chi connectivity index (χ1v) is 9.04. The summed E-state index contributed by atoms with van der Waals surface area (Å²) in [7, 11) is 0. The van der Waals surface area contributed by atoms with Gasteiger partial charge in [-0.2, -0.15) is 5.26 Å². The highest BCUT2D eigenvalue weighted by Crippen LogP contribution is 2.37. The van der Waals surface area contributed by atoms with Gasteiger partial charge < -0.3 is 10.4 Å². The molecule has 1 atom stereocenters. The number of nitrogens with zero attached hydrogens (tertiary/aromatic N) is 1. The van der Waals surface area contributed by atoms with Crippen LogP contribution in [0.25, 0.3) is 0 Å². The molecule has 0 bridgehead atoms. The van der Waals surface area contributed by atoms with E-state index in [4.69, 9.17) is 0 Å². The topological polar surface area (TPSA) is 90.2 Å². The molecule has 0 fully saturated rings. The van der Waals surface area contributed by atoms with Crippen LogP contribution in [-0.4, -0.2) is 17.0 Å². The number of carbonyl (C=O) groups is 2. The molecule has 128 valence electrons. The van der Waals surface area contributed by atoms with Crippen LogP contribution in [0.5, 0.6) is 0 Å². The van der Waals surface area contributed by atoms with E-state index in [1.54, 1.807) is 30.3 Å². The molecule has 0 aliphatic heterocycles. The number of rotatable bonds is 5. The fourth-order valence-corrected chi connectivity index (χ4v) is 4.42. The number of aliphatic carboxylic acids is 1. The number of thiophene rings is 1. The highest BCUT2D eigenvalue weighted by Gasteiger charge is 2.26. The molecule has 0 spiro atoms. The second-order valence-corrected chi connectivity index (χ2v) is 7.19. The molecule has 0 saturated carbocycles. The molecule has 1 aliphatic rings. The van der Waals surface area contributed by atoms with Crippen molar-refractivity contribution in [1.29, 1.82) is 5.26 Å². The number of amides is 1. The van der Waals surface area contributed by atoms with Crippen molar-refractivity contribution in [1.82, 2.24) is 0 Å². The van der Waals surface area contributed by atoms with E-state index in [-0.39, 0.29) is 12.3 Å². The highest BCUT2D eigenvalue weighted by molar-refractivity contribution is 7.16. The van der Waals surface area contributed by atoms with Gasteiger partial charge in [0, 0.05) is 11.3 Å². The summed E-state index contributed by atoms with van der Waals surface area (Å²) in [5.74, 6) is -2.32. The maximum absolute atomic E-state index is 12.4. The summed E-state index contributed by atoms with van der Waals surface area (Å²) < 4.78 is 0. The number of anilines is 1. The summed E-state index contributed by atoms with van der Waals surface area (Å²) in [5, 5.41) is 22.2. The standard InChI is InChI=1S/C19H18N2O3S/c20-11-15-13-8-4-5-9-16(13)25-18(15)21-17(22)10-14(19(23)24)12-6-2-1-3-7-12/h1-3,6-7,14H,4-5,8-10H2,(H,21,22)(H,23,24)/t14-/m0/s1. The van der Waals surface area contributed by atoms with Gasteiger partial charge in [-0.05, 0) is 36.8 Å². The Labute approximate surface area is 149 Å². The zero-order chi connectivity index (χ0) is 17.8. The van der Waals surface area contributed by atoms with Crippen molar-refractivity contribution in [3.63, 3.8) is 0 Å². The number of nitriles is 1. The lowest BCUT2D eigenvalue weighted by molar-refractivity contribution is -0.140. The first-order chi connectivity index (χ1) is 12.1. The summed E-state index contributed by atoms with van der Waals surface area (Å²) in [6.07, 6.45) is 3.80. The van der Waals surface area contributed by atoms with Crippen molar-refractivity contribution in [2.75, 3.05) is 5.32 Å². The average Bonchev–Trinajstić information content (AvgIpc) is 2.97.